The van der Waals surface area contributed by atoms with Gasteiger partial charge in [-0.15, -0.1) is 0 Å². The first-order valence-corrected chi connectivity index (χ1v) is 12.6. The predicted octanol–water partition coefficient (Wildman–Crippen LogP) is 2.19. The minimum absolute atomic E-state index is 0.0219. The van der Waals surface area contributed by atoms with Gasteiger partial charge >= 0.3 is 0 Å². The lowest BCUT2D eigenvalue weighted by Crippen LogP contribution is -2.42. The third-order valence-electron chi connectivity index (χ3n) is 6.59. The number of piperidine rings is 1. The number of pyridine rings is 1. The lowest BCUT2D eigenvalue weighted by Gasteiger charge is -2.32. The van der Waals surface area contributed by atoms with E-state index in [0.717, 1.165) is 29.7 Å². The van der Waals surface area contributed by atoms with Crippen molar-refractivity contribution in [1.29, 1.82) is 0 Å². The van der Waals surface area contributed by atoms with Crippen LogP contribution in [0.4, 0.5) is 0 Å². The number of aromatic nitrogens is 3. The fraction of sp³-hybridized carbons (Fsp3) is 0.407. The van der Waals surface area contributed by atoms with Crippen LogP contribution in [0, 0.1) is 0 Å². The number of amides is 2. The van der Waals surface area contributed by atoms with Crippen LogP contribution in [0.25, 0.3) is 11.1 Å². The third-order valence-corrected chi connectivity index (χ3v) is 6.59. The molecule has 2 fully saturated rings. The second kappa shape index (κ2) is 11.0. The highest BCUT2D eigenvalue weighted by atomic mass is 16.5. The number of benzene rings is 1. The van der Waals surface area contributed by atoms with Crippen LogP contribution in [0.5, 0.6) is 11.6 Å². The maximum Gasteiger partial charge on any atom is 0.254 e. The lowest BCUT2D eigenvalue weighted by molar-refractivity contribution is -0.132. The summed E-state index contributed by atoms with van der Waals surface area (Å²) in [6.07, 6.45) is 9.04. The maximum absolute atomic E-state index is 12.8. The molecule has 194 valence electrons. The molecule has 2 aliphatic rings. The molecule has 0 bridgehead atoms. The number of carbonyl (C=O) groups excluding carboxylic acids is 2. The Kier molecular flexibility index (Phi) is 7.36. The van der Waals surface area contributed by atoms with Gasteiger partial charge in [0, 0.05) is 49.5 Å². The fourth-order valence-corrected chi connectivity index (χ4v) is 4.35. The van der Waals surface area contributed by atoms with Gasteiger partial charge in [0.2, 0.25) is 11.8 Å². The Morgan fingerprint density at radius 3 is 2.41 bits per heavy atom. The summed E-state index contributed by atoms with van der Waals surface area (Å²) >= 11 is 0. The van der Waals surface area contributed by atoms with Gasteiger partial charge in [0.05, 0.1) is 31.9 Å². The first-order chi connectivity index (χ1) is 18.0. The first kappa shape index (κ1) is 24.8. The smallest absolute Gasteiger partial charge is 0.254 e. The minimum atomic E-state index is -0.631. The van der Waals surface area contributed by atoms with Gasteiger partial charge in [-0.05, 0) is 36.6 Å². The SMILES string of the molecule is NC(=O)c1cc(-c2cnn(CCO)c2)cnc1OC1CCN(C(=O)Cc2ccc(OC3CC3)cc2)CC1. The van der Waals surface area contributed by atoms with Gasteiger partial charge in [-0.1, -0.05) is 12.1 Å². The summed E-state index contributed by atoms with van der Waals surface area (Å²) in [6, 6.07) is 9.39. The van der Waals surface area contributed by atoms with Crippen molar-refractivity contribution < 1.29 is 24.2 Å². The summed E-state index contributed by atoms with van der Waals surface area (Å²) in [6.45, 7) is 1.49. The van der Waals surface area contributed by atoms with E-state index in [4.69, 9.17) is 20.3 Å². The Hall–Kier alpha value is -3.92. The van der Waals surface area contributed by atoms with Gasteiger partial charge in [-0.2, -0.15) is 5.10 Å². The van der Waals surface area contributed by atoms with Crippen LogP contribution in [-0.4, -0.2) is 68.5 Å². The van der Waals surface area contributed by atoms with E-state index in [2.05, 4.69) is 10.1 Å². The standard InChI is InChI=1S/C27H31N5O5/c28-26(35)24-14-19(20-16-30-32(17-20)11-12-33)15-29-27(24)37-23-7-9-31(10-8-23)25(34)13-18-1-3-21(4-2-18)36-22-5-6-22/h1-4,14-17,22-23,33H,5-13H2,(H2,28,35). The Balaban J connectivity index is 1.15. The Labute approximate surface area is 215 Å². The maximum atomic E-state index is 12.8. The van der Waals surface area contributed by atoms with Gasteiger partial charge < -0.3 is 25.2 Å². The number of primary amides is 1. The number of carbonyl (C=O) groups is 2. The predicted molar refractivity (Wildman–Crippen MR) is 135 cm³/mol. The summed E-state index contributed by atoms with van der Waals surface area (Å²) in [5.74, 6) is 0.493. The van der Waals surface area contributed by atoms with E-state index in [1.54, 1.807) is 29.3 Å². The molecule has 2 amide bonds. The monoisotopic (exact) mass is 505 g/mol. The molecule has 0 unspecified atom stereocenters. The van der Waals surface area contributed by atoms with E-state index in [-0.39, 0.29) is 30.1 Å². The van der Waals surface area contributed by atoms with Crippen molar-refractivity contribution in [2.45, 2.75) is 50.9 Å². The average Bonchev–Trinajstić information content (AvgIpc) is 3.60. The number of hydrogen-bond acceptors (Lipinski definition) is 7. The molecular weight excluding hydrogens is 474 g/mol. The van der Waals surface area contributed by atoms with Crippen LogP contribution >= 0.6 is 0 Å². The summed E-state index contributed by atoms with van der Waals surface area (Å²) in [4.78, 5) is 31.2. The fourth-order valence-electron chi connectivity index (χ4n) is 4.35. The highest BCUT2D eigenvalue weighted by Crippen LogP contribution is 2.28. The third kappa shape index (κ3) is 6.26. The van der Waals surface area contributed by atoms with E-state index >= 15 is 0 Å². The minimum Gasteiger partial charge on any atom is -0.490 e. The molecule has 3 N–H and O–H groups in total. The van der Waals surface area contributed by atoms with Crippen LogP contribution < -0.4 is 15.2 Å². The zero-order chi connectivity index (χ0) is 25.8. The lowest BCUT2D eigenvalue weighted by atomic mass is 10.1. The second-order valence-corrected chi connectivity index (χ2v) is 9.49. The van der Waals surface area contributed by atoms with Crippen LogP contribution in [0.1, 0.15) is 41.6 Å². The average molecular weight is 506 g/mol. The van der Waals surface area contributed by atoms with Crippen molar-refractivity contribution in [2.75, 3.05) is 19.7 Å². The van der Waals surface area contributed by atoms with Crippen molar-refractivity contribution in [1.82, 2.24) is 19.7 Å². The molecule has 10 nitrogen and oxygen atoms in total. The molecule has 2 aromatic heterocycles. The number of ether oxygens (including phenoxy) is 2. The highest BCUT2D eigenvalue weighted by molar-refractivity contribution is 5.96. The largest absolute Gasteiger partial charge is 0.490 e. The zero-order valence-electron chi connectivity index (χ0n) is 20.6. The number of hydrogen-bond donors (Lipinski definition) is 2. The molecule has 5 rings (SSSR count). The Bertz CT molecular complexity index is 1250. The van der Waals surface area contributed by atoms with Gasteiger partial charge in [-0.3, -0.25) is 14.3 Å². The number of aliphatic hydroxyl groups excluding tert-OH is 1. The number of rotatable bonds is 10. The van der Waals surface area contributed by atoms with Crippen molar-refractivity contribution in [3.63, 3.8) is 0 Å². The zero-order valence-corrected chi connectivity index (χ0v) is 20.6. The second-order valence-electron chi connectivity index (χ2n) is 9.49. The van der Waals surface area contributed by atoms with E-state index < -0.39 is 5.91 Å². The summed E-state index contributed by atoms with van der Waals surface area (Å²) in [5.41, 5.74) is 8.21. The molecule has 1 aliphatic carbocycles. The number of aliphatic hydroxyl groups is 1. The van der Waals surface area contributed by atoms with E-state index in [9.17, 15) is 9.59 Å². The molecule has 3 heterocycles. The number of likely N-dealkylation sites (tertiary alicyclic amines) is 1. The molecular formula is C27H31N5O5. The molecule has 1 aromatic carbocycles. The van der Waals surface area contributed by atoms with Crippen LogP contribution in [0.15, 0.2) is 48.9 Å². The summed E-state index contributed by atoms with van der Waals surface area (Å²) in [5, 5.41) is 13.3. The highest BCUT2D eigenvalue weighted by Gasteiger charge is 2.26. The molecule has 0 radical (unpaired) electrons. The van der Waals surface area contributed by atoms with Crippen LogP contribution in [0.2, 0.25) is 0 Å². The quantitative estimate of drug-likeness (QED) is 0.432. The van der Waals surface area contributed by atoms with E-state index in [0.29, 0.717) is 50.6 Å². The van der Waals surface area contributed by atoms with Crippen LogP contribution in [-0.2, 0) is 17.8 Å². The van der Waals surface area contributed by atoms with Crippen molar-refractivity contribution in [2.24, 2.45) is 5.73 Å². The van der Waals surface area contributed by atoms with Crippen molar-refractivity contribution in [3.05, 3.63) is 60.0 Å². The summed E-state index contributed by atoms with van der Waals surface area (Å²) < 4.78 is 13.4. The molecule has 10 heteroatoms. The molecule has 0 spiro atoms. The van der Waals surface area contributed by atoms with Crippen molar-refractivity contribution in [3.8, 4) is 22.8 Å². The van der Waals surface area contributed by atoms with Crippen molar-refractivity contribution >= 4 is 11.8 Å². The summed E-state index contributed by atoms with van der Waals surface area (Å²) in [7, 11) is 0. The van der Waals surface area contributed by atoms with E-state index in [1.165, 1.54) is 0 Å². The molecule has 1 aliphatic heterocycles. The Morgan fingerprint density at radius 1 is 1.00 bits per heavy atom. The van der Waals surface area contributed by atoms with Gasteiger partial charge in [-0.25, -0.2) is 4.98 Å². The van der Waals surface area contributed by atoms with E-state index in [1.807, 2.05) is 29.2 Å². The Morgan fingerprint density at radius 2 is 1.73 bits per heavy atom. The topological polar surface area (TPSA) is 133 Å². The number of nitrogens with two attached hydrogens (primary N) is 1. The molecule has 1 saturated carbocycles. The van der Waals surface area contributed by atoms with Crippen LogP contribution in [0.3, 0.4) is 0 Å². The molecule has 3 aromatic rings. The molecule has 1 saturated heterocycles. The van der Waals surface area contributed by atoms with Gasteiger partial charge in [0.1, 0.15) is 17.4 Å². The molecule has 37 heavy (non-hydrogen) atoms. The van der Waals surface area contributed by atoms with Gasteiger partial charge in [0.25, 0.3) is 5.91 Å². The van der Waals surface area contributed by atoms with Gasteiger partial charge in [0.15, 0.2) is 0 Å². The number of nitrogens with zero attached hydrogens (tertiary/aromatic N) is 4. The first-order valence-electron chi connectivity index (χ1n) is 12.6. The normalized spacial score (nSPS) is 16.0. The molecule has 0 atom stereocenters.